The van der Waals surface area contributed by atoms with E-state index in [1.54, 1.807) is 17.8 Å². The molecule has 3 rings (SSSR count). The van der Waals surface area contributed by atoms with Gasteiger partial charge < -0.3 is 9.30 Å². The maximum Gasteiger partial charge on any atom is 0.417 e. The van der Waals surface area contributed by atoms with Gasteiger partial charge in [-0.3, -0.25) is 9.78 Å². The summed E-state index contributed by atoms with van der Waals surface area (Å²) in [4.78, 5) is 25.0. The number of carbonyl (C=O) groups excluding carboxylic acids is 1. The highest BCUT2D eigenvalue weighted by atomic mass is 32.2. The molecule has 0 fully saturated rings. The number of ether oxygens (including phenoxy) is 1. The molecule has 148 valence electrons. The van der Waals surface area contributed by atoms with Gasteiger partial charge >= 0.3 is 12.1 Å². The smallest absolute Gasteiger partial charge is 0.417 e. The number of aromatic nitrogens is 4. The second-order valence-electron chi connectivity index (χ2n) is 5.94. The number of imidazole rings is 1. The largest absolute Gasteiger partial charge is 0.469 e. The van der Waals surface area contributed by atoms with Crippen LogP contribution < -0.4 is 0 Å². The fourth-order valence-corrected chi connectivity index (χ4v) is 3.52. The summed E-state index contributed by atoms with van der Waals surface area (Å²) in [6.07, 6.45) is -2.07. The lowest BCUT2D eigenvalue weighted by Gasteiger charge is -2.09. The predicted octanol–water partition coefficient (Wildman–Crippen LogP) is 3.88. The lowest BCUT2D eigenvalue weighted by Crippen LogP contribution is -2.06. The Bertz CT molecular complexity index is 1030. The number of carbonyl (C=O) groups is 1. The Hall–Kier alpha value is -2.62. The first-order valence-corrected chi connectivity index (χ1v) is 9.31. The third kappa shape index (κ3) is 3.96. The molecule has 0 aromatic carbocycles. The van der Waals surface area contributed by atoms with Gasteiger partial charge in [-0.2, -0.15) is 13.2 Å². The molecule has 6 nitrogen and oxygen atoms in total. The summed E-state index contributed by atoms with van der Waals surface area (Å²) in [6, 6.07) is 2.80. The Morgan fingerprint density at radius 3 is 2.64 bits per heavy atom. The maximum atomic E-state index is 13.0. The predicted molar refractivity (Wildman–Crippen MR) is 98.9 cm³/mol. The molecule has 0 bridgehead atoms. The zero-order chi connectivity index (χ0) is 20.5. The van der Waals surface area contributed by atoms with E-state index in [9.17, 15) is 18.0 Å². The molecule has 3 aromatic rings. The third-order valence-electron chi connectivity index (χ3n) is 4.03. The summed E-state index contributed by atoms with van der Waals surface area (Å²) < 4.78 is 45.2. The number of hydrogen-bond donors (Lipinski definition) is 0. The molecule has 0 N–H and O–H groups in total. The molecule has 0 amide bonds. The van der Waals surface area contributed by atoms with Crippen molar-refractivity contribution < 1.29 is 22.7 Å². The van der Waals surface area contributed by atoms with Gasteiger partial charge in [0.1, 0.15) is 11.2 Å². The number of fused-ring (bicyclic) bond motifs is 1. The minimum atomic E-state index is -4.49. The van der Waals surface area contributed by atoms with Gasteiger partial charge in [0.05, 0.1) is 19.1 Å². The van der Waals surface area contributed by atoms with Crippen LogP contribution in [0.5, 0.6) is 0 Å². The highest BCUT2D eigenvalue weighted by Crippen LogP contribution is 2.34. The SMILES string of the molecule is CCSc1cc(CC(=O)OC)cnc1-c1nc2cc(C(F)(F)F)cnc2n1C. The van der Waals surface area contributed by atoms with E-state index in [-0.39, 0.29) is 17.9 Å². The fourth-order valence-electron chi connectivity index (χ4n) is 2.70. The molecule has 0 aliphatic heterocycles. The molecule has 0 unspecified atom stereocenters. The van der Waals surface area contributed by atoms with E-state index in [1.165, 1.54) is 18.9 Å². The Labute approximate surface area is 163 Å². The van der Waals surface area contributed by atoms with Crippen molar-refractivity contribution in [3.8, 4) is 11.5 Å². The molecule has 3 aromatic heterocycles. The fraction of sp³-hybridized carbons (Fsp3) is 0.333. The van der Waals surface area contributed by atoms with E-state index >= 15 is 0 Å². The molecular weight excluding hydrogens is 393 g/mol. The van der Waals surface area contributed by atoms with E-state index in [4.69, 9.17) is 0 Å². The van der Waals surface area contributed by atoms with E-state index in [0.717, 1.165) is 22.9 Å². The number of alkyl halides is 3. The van der Waals surface area contributed by atoms with Crippen LogP contribution in [0.1, 0.15) is 18.1 Å². The number of methoxy groups -OCH3 is 1. The quantitative estimate of drug-likeness (QED) is 0.470. The van der Waals surface area contributed by atoms with Crippen molar-refractivity contribution in [1.29, 1.82) is 0 Å². The normalized spacial score (nSPS) is 11.8. The van der Waals surface area contributed by atoms with Crippen LogP contribution >= 0.6 is 11.8 Å². The van der Waals surface area contributed by atoms with Crippen LogP contribution in [0.3, 0.4) is 0 Å². The van der Waals surface area contributed by atoms with Gasteiger partial charge in [-0.05, 0) is 23.4 Å². The first kappa shape index (κ1) is 20.1. The highest BCUT2D eigenvalue weighted by molar-refractivity contribution is 7.99. The average molecular weight is 410 g/mol. The Morgan fingerprint density at radius 2 is 2.00 bits per heavy atom. The van der Waals surface area contributed by atoms with Gasteiger partial charge in [0, 0.05) is 24.3 Å². The summed E-state index contributed by atoms with van der Waals surface area (Å²) in [5.74, 6) is 0.771. The molecular formula is C18H17F3N4O2S. The molecule has 28 heavy (non-hydrogen) atoms. The number of esters is 1. The van der Waals surface area contributed by atoms with Crippen LogP contribution in [0.25, 0.3) is 22.7 Å². The minimum absolute atomic E-state index is 0.0834. The number of rotatable bonds is 5. The molecule has 0 spiro atoms. The van der Waals surface area contributed by atoms with Crippen molar-refractivity contribution in [1.82, 2.24) is 19.5 Å². The number of aryl methyl sites for hydroxylation is 1. The number of pyridine rings is 2. The van der Waals surface area contributed by atoms with Crippen LogP contribution in [-0.4, -0.2) is 38.4 Å². The standard InChI is InChI=1S/C18H17F3N4O2S/c1-4-28-13-5-10(6-14(26)27-3)8-22-15(13)17-24-12-7-11(18(19,20)21)9-23-16(12)25(17)2/h5,7-9H,4,6H2,1-3H3. The van der Waals surface area contributed by atoms with E-state index in [2.05, 4.69) is 19.7 Å². The lowest BCUT2D eigenvalue weighted by atomic mass is 10.2. The van der Waals surface area contributed by atoms with Gasteiger partial charge in [0.25, 0.3) is 0 Å². The van der Waals surface area contributed by atoms with Crippen molar-refractivity contribution in [3.05, 3.63) is 35.7 Å². The van der Waals surface area contributed by atoms with E-state index in [0.29, 0.717) is 22.7 Å². The first-order valence-electron chi connectivity index (χ1n) is 8.33. The summed E-state index contributed by atoms with van der Waals surface area (Å²) in [7, 11) is 2.99. The van der Waals surface area contributed by atoms with E-state index in [1.807, 2.05) is 13.0 Å². The van der Waals surface area contributed by atoms with Crippen molar-refractivity contribution in [3.63, 3.8) is 0 Å². The van der Waals surface area contributed by atoms with Gasteiger partial charge in [0.2, 0.25) is 0 Å². The third-order valence-corrected chi connectivity index (χ3v) is 4.94. The molecule has 0 aliphatic rings. The average Bonchev–Trinajstić information content (AvgIpc) is 2.97. The Kier molecular flexibility index (Phi) is 5.59. The summed E-state index contributed by atoms with van der Waals surface area (Å²) in [5, 5.41) is 0. The molecule has 0 radical (unpaired) electrons. The number of nitrogens with zero attached hydrogens (tertiary/aromatic N) is 4. The Morgan fingerprint density at radius 1 is 1.25 bits per heavy atom. The lowest BCUT2D eigenvalue weighted by molar-refractivity contribution is -0.140. The Balaban J connectivity index is 2.10. The van der Waals surface area contributed by atoms with Crippen molar-refractivity contribution in [2.24, 2.45) is 7.05 Å². The van der Waals surface area contributed by atoms with Crippen molar-refractivity contribution >= 4 is 28.9 Å². The van der Waals surface area contributed by atoms with Crippen LogP contribution in [0.4, 0.5) is 13.2 Å². The molecule has 0 atom stereocenters. The van der Waals surface area contributed by atoms with Gasteiger partial charge in [-0.1, -0.05) is 6.92 Å². The summed E-state index contributed by atoms with van der Waals surface area (Å²) >= 11 is 1.50. The van der Waals surface area contributed by atoms with Crippen molar-refractivity contribution in [2.45, 2.75) is 24.4 Å². The van der Waals surface area contributed by atoms with Gasteiger partial charge in [-0.15, -0.1) is 11.8 Å². The summed E-state index contributed by atoms with van der Waals surface area (Å²) in [6.45, 7) is 1.97. The van der Waals surface area contributed by atoms with Crippen LogP contribution in [0, 0.1) is 0 Å². The molecule has 0 saturated carbocycles. The highest BCUT2D eigenvalue weighted by Gasteiger charge is 2.32. The number of hydrogen-bond acceptors (Lipinski definition) is 6. The molecule has 0 saturated heterocycles. The second kappa shape index (κ2) is 7.78. The molecule has 10 heteroatoms. The first-order chi connectivity index (χ1) is 13.2. The molecule has 3 heterocycles. The second-order valence-corrected chi connectivity index (χ2v) is 7.24. The topological polar surface area (TPSA) is 69.9 Å². The van der Waals surface area contributed by atoms with E-state index < -0.39 is 11.7 Å². The minimum Gasteiger partial charge on any atom is -0.469 e. The van der Waals surface area contributed by atoms with Crippen LogP contribution in [-0.2, 0) is 29.2 Å². The van der Waals surface area contributed by atoms with Gasteiger partial charge in [-0.25, -0.2) is 9.97 Å². The van der Waals surface area contributed by atoms with Crippen LogP contribution in [0.2, 0.25) is 0 Å². The number of thioether (sulfide) groups is 1. The zero-order valence-corrected chi connectivity index (χ0v) is 16.2. The van der Waals surface area contributed by atoms with Crippen LogP contribution in [0.15, 0.2) is 29.4 Å². The van der Waals surface area contributed by atoms with Gasteiger partial charge in [0.15, 0.2) is 11.5 Å². The van der Waals surface area contributed by atoms with Crippen molar-refractivity contribution in [2.75, 3.05) is 12.9 Å². The maximum absolute atomic E-state index is 13.0. The number of halogens is 3. The monoisotopic (exact) mass is 410 g/mol. The molecule has 0 aliphatic carbocycles. The zero-order valence-electron chi connectivity index (χ0n) is 15.4. The summed E-state index contributed by atoms with van der Waals surface area (Å²) in [5.41, 5.74) is 0.822.